The number of hydrogen-bond donors (Lipinski definition) is 3. The number of urea groups is 1. The lowest BCUT2D eigenvalue weighted by atomic mass is 10.2. The molecule has 0 aliphatic carbocycles. The normalized spacial score (nSPS) is 10.3. The van der Waals surface area contributed by atoms with Crippen molar-refractivity contribution < 1.29 is 19.1 Å². The van der Waals surface area contributed by atoms with Crippen LogP contribution in [0.5, 0.6) is 0 Å². The molecule has 0 spiro atoms. The van der Waals surface area contributed by atoms with Crippen molar-refractivity contribution in [2.24, 2.45) is 0 Å². The first kappa shape index (κ1) is 23.2. The van der Waals surface area contributed by atoms with Gasteiger partial charge in [-0.15, -0.1) is 11.3 Å². The Morgan fingerprint density at radius 3 is 2.31 bits per heavy atom. The zero-order valence-corrected chi connectivity index (χ0v) is 18.8. The van der Waals surface area contributed by atoms with Crippen LogP contribution < -0.4 is 16.0 Å². The van der Waals surface area contributed by atoms with Crippen LogP contribution in [0.2, 0.25) is 5.02 Å². The highest BCUT2D eigenvalue weighted by molar-refractivity contribution is 7.14. The molecule has 166 valence electrons. The monoisotopic (exact) mass is 472 g/mol. The van der Waals surface area contributed by atoms with Gasteiger partial charge in [0.05, 0.1) is 12.2 Å². The molecule has 0 aliphatic rings. The van der Waals surface area contributed by atoms with Crippen LogP contribution in [-0.4, -0.2) is 29.5 Å². The fourth-order valence-electron chi connectivity index (χ4n) is 2.51. The highest BCUT2D eigenvalue weighted by Crippen LogP contribution is 2.19. The average Bonchev–Trinajstić information content (AvgIpc) is 3.24. The van der Waals surface area contributed by atoms with Crippen LogP contribution in [0.1, 0.15) is 40.6 Å². The molecule has 3 aromatic rings. The number of benzene rings is 2. The molecule has 2 aromatic carbocycles. The van der Waals surface area contributed by atoms with E-state index in [0.29, 0.717) is 28.6 Å². The van der Waals surface area contributed by atoms with Gasteiger partial charge in [0.25, 0.3) is 5.91 Å². The fourth-order valence-corrected chi connectivity index (χ4v) is 3.32. The van der Waals surface area contributed by atoms with Crippen molar-refractivity contribution in [3.63, 3.8) is 0 Å². The summed E-state index contributed by atoms with van der Waals surface area (Å²) in [6.45, 7) is 2.40. The van der Waals surface area contributed by atoms with Gasteiger partial charge in [0, 0.05) is 21.8 Å². The van der Waals surface area contributed by atoms with E-state index >= 15 is 0 Å². The first-order valence-corrected chi connectivity index (χ1v) is 11.1. The third-order valence-corrected chi connectivity index (χ3v) is 5.18. The Morgan fingerprint density at radius 2 is 1.62 bits per heavy atom. The lowest BCUT2D eigenvalue weighted by Gasteiger charge is -2.06. The Labute approximate surface area is 194 Å². The van der Waals surface area contributed by atoms with Crippen molar-refractivity contribution in [3.8, 4) is 0 Å². The predicted octanol–water partition coefficient (Wildman–Crippen LogP) is 5.65. The maximum absolute atomic E-state index is 12.4. The largest absolute Gasteiger partial charge is 0.462 e. The van der Waals surface area contributed by atoms with Gasteiger partial charge in [-0.2, -0.15) is 0 Å². The second-order valence-corrected chi connectivity index (χ2v) is 7.94. The Kier molecular flexibility index (Phi) is 8.18. The molecule has 3 N–H and O–H groups in total. The number of hydrogen-bond acceptors (Lipinski definition) is 6. The van der Waals surface area contributed by atoms with Crippen molar-refractivity contribution in [1.82, 2.24) is 4.98 Å². The van der Waals surface area contributed by atoms with E-state index in [1.165, 1.54) is 5.38 Å². The Bertz CT molecular complexity index is 1080. The highest BCUT2D eigenvalue weighted by Gasteiger charge is 2.14. The number of ether oxygens (including phenoxy) is 1. The third-order valence-electron chi connectivity index (χ3n) is 4.17. The van der Waals surface area contributed by atoms with Crippen LogP contribution in [0, 0.1) is 0 Å². The van der Waals surface area contributed by atoms with Gasteiger partial charge in [-0.3, -0.25) is 10.1 Å². The number of unbranched alkanes of at least 4 members (excludes halogenated alkanes) is 1. The van der Waals surface area contributed by atoms with Crippen molar-refractivity contribution in [1.29, 1.82) is 0 Å². The SMILES string of the molecule is CCCCOC(=O)c1ccc(NC(=O)c2csc(NC(=O)Nc3ccc(Cl)cc3)n2)cc1. The van der Waals surface area contributed by atoms with Gasteiger partial charge in [-0.1, -0.05) is 24.9 Å². The molecule has 0 aliphatic heterocycles. The third kappa shape index (κ3) is 6.79. The summed E-state index contributed by atoms with van der Waals surface area (Å²) in [5.74, 6) is -0.839. The van der Waals surface area contributed by atoms with Gasteiger partial charge in [0.15, 0.2) is 5.13 Å². The number of amides is 3. The average molecular weight is 473 g/mol. The Hall–Kier alpha value is -3.43. The zero-order chi connectivity index (χ0) is 22.9. The number of anilines is 3. The standard InChI is InChI=1S/C22H21ClN4O4S/c1-2-3-12-31-20(29)14-4-8-16(9-5-14)24-19(28)18-13-32-22(26-18)27-21(30)25-17-10-6-15(23)7-11-17/h4-11,13H,2-3,12H2,1H3,(H,24,28)(H2,25,26,27,30). The van der Waals surface area contributed by atoms with Gasteiger partial charge >= 0.3 is 12.0 Å². The molecule has 32 heavy (non-hydrogen) atoms. The second-order valence-electron chi connectivity index (χ2n) is 6.64. The van der Waals surface area contributed by atoms with E-state index < -0.39 is 17.9 Å². The highest BCUT2D eigenvalue weighted by atomic mass is 35.5. The molecule has 3 amide bonds. The van der Waals surface area contributed by atoms with E-state index in [0.717, 1.165) is 24.2 Å². The Morgan fingerprint density at radius 1 is 0.969 bits per heavy atom. The summed E-state index contributed by atoms with van der Waals surface area (Å²) in [5.41, 5.74) is 1.63. The molecule has 0 fully saturated rings. The summed E-state index contributed by atoms with van der Waals surface area (Å²) in [6, 6.07) is 12.5. The van der Waals surface area contributed by atoms with Gasteiger partial charge < -0.3 is 15.4 Å². The molecule has 0 unspecified atom stereocenters. The summed E-state index contributed by atoms with van der Waals surface area (Å²) in [4.78, 5) is 40.6. The van der Waals surface area contributed by atoms with Gasteiger partial charge in [-0.05, 0) is 55.0 Å². The summed E-state index contributed by atoms with van der Waals surface area (Å²) < 4.78 is 5.16. The number of halogens is 1. The zero-order valence-electron chi connectivity index (χ0n) is 17.2. The molecular weight excluding hydrogens is 452 g/mol. The number of carbonyl (C=O) groups is 3. The summed E-state index contributed by atoms with van der Waals surface area (Å²) >= 11 is 6.94. The van der Waals surface area contributed by atoms with Gasteiger partial charge in [-0.25, -0.2) is 14.6 Å². The molecule has 0 saturated carbocycles. The lowest BCUT2D eigenvalue weighted by Crippen LogP contribution is -2.19. The van der Waals surface area contributed by atoms with E-state index in [1.807, 2.05) is 6.92 Å². The molecule has 0 atom stereocenters. The van der Waals surface area contributed by atoms with E-state index in [-0.39, 0.29) is 10.8 Å². The quantitative estimate of drug-likeness (QED) is 0.290. The van der Waals surface area contributed by atoms with E-state index in [9.17, 15) is 14.4 Å². The second kappa shape index (κ2) is 11.3. The van der Waals surface area contributed by atoms with E-state index in [1.54, 1.807) is 48.5 Å². The van der Waals surface area contributed by atoms with Crippen molar-refractivity contribution in [3.05, 3.63) is 70.2 Å². The number of thiazole rings is 1. The number of nitrogens with one attached hydrogen (secondary N) is 3. The maximum atomic E-state index is 12.4. The first-order chi connectivity index (χ1) is 15.4. The maximum Gasteiger partial charge on any atom is 0.338 e. The minimum Gasteiger partial charge on any atom is -0.462 e. The molecule has 3 rings (SSSR count). The predicted molar refractivity (Wildman–Crippen MR) is 126 cm³/mol. The lowest BCUT2D eigenvalue weighted by molar-refractivity contribution is 0.0499. The van der Waals surface area contributed by atoms with E-state index in [2.05, 4.69) is 20.9 Å². The summed E-state index contributed by atoms with van der Waals surface area (Å²) in [7, 11) is 0. The van der Waals surface area contributed by atoms with Crippen molar-refractivity contribution in [2.75, 3.05) is 22.6 Å². The van der Waals surface area contributed by atoms with Gasteiger partial charge in [0.1, 0.15) is 5.69 Å². The minimum atomic E-state index is -0.491. The van der Waals surface area contributed by atoms with Crippen LogP contribution in [0.15, 0.2) is 53.9 Å². The number of carbonyl (C=O) groups excluding carboxylic acids is 3. The minimum absolute atomic E-state index is 0.153. The van der Waals surface area contributed by atoms with Crippen LogP contribution >= 0.6 is 22.9 Å². The first-order valence-electron chi connectivity index (χ1n) is 9.82. The number of nitrogens with zero attached hydrogens (tertiary/aromatic N) is 1. The van der Waals surface area contributed by atoms with Crippen LogP contribution in [0.4, 0.5) is 21.3 Å². The molecule has 0 bridgehead atoms. The summed E-state index contributed by atoms with van der Waals surface area (Å²) in [6.07, 6.45) is 1.76. The van der Waals surface area contributed by atoms with Crippen LogP contribution in [0.25, 0.3) is 0 Å². The molecule has 1 heterocycles. The topological polar surface area (TPSA) is 109 Å². The number of aromatic nitrogens is 1. The van der Waals surface area contributed by atoms with Crippen LogP contribution in [0.3, 0.4) is 0 Å². The molecule has 0 radical (unpaired) electrons. The number of esters is 1. The molecule has 10 heteroatoms. The van der Waals surface area contributed by atoms with Gasteiger partial charge in [0.2, 0.25) is 0 Å². The molecular formula is C22H21ClN4O4S. The number of rotatable bonds is 8. The summed E-state index contributed by atoms with van der Waals surface area (Å²) in [5, 5.41) is 10.3. The van der Waals surface area contributed by atoms with Crippen molar-refractivity contribution in [2.45, 2.75) is 19.8 Å². The molecule has 0 saturated heterocycles. The van der Waals surface area contributed by atoms with Crippen LogP contribution in [-0.2, 0) is 4.74 Å². The van der Waals surface area contributed by atoms with Crippen molar-refractivity contribution >= 4 is 57.4 Å². The molecule has 1 aromatic heterocycles. The fraction of sp³-hybridized carbons (Fsp3) is 0.182. The smallest absolute Gasteiger partial charge is 0.338 e. The van der Waals surface area contributed by atoms with E-state index in [4.69, 9.17) is 16.3 Å². The molecule has 8 nitrogen and oxygen atoms in total. The Balaban J connectivity index is 1.52.